The van der Waals surface area contributed by atoms with Crippen LogP contribution in [0, 0.1) is 0 Å². The highest BCUT2D eigenvalue weighted by molar-refractivity contribution is 9.10. The Morgan fingerprint density at radius 1 is 0.914 bits per heavy atom. The highest BCUT2D eigenvalue weighted by Crippen LogP contribution is 2.28. The van der Waals surface area contributed by atoms with Gasteiger partial charge in [-0.1, -0.05) is 60.7 Å². The van der Waals surface area contributed by atoms with Crippen molar-refractivity contribution in [3.63, 3.8) is 0 Å². The minimum Gasteiger partial charge on any atom is -0.436 e. The fourth-order valence-electron chi connectivity index (χ4n) is 3.79. The highest BCUT2D eigenvalue weighted by Gasteiger charge is 2.23. The lowest BCUT2D eigenvalue weighted by molar-refractivity contribution is -0.120. The first-order chi connectivity index (χ1) is 17.1. The monoisotopic (exact) mass is 542 g/mol. The zero-order chi connectivity index (χ0) is 24.2. The predicted molar refractivity (Wildman–Crippen MR) is 144 cm³/mol. The Balaban J connectivity index is 1.33. The Morgan fingerprint density at radius 2 is 1.60 bits per heavy atom. The van der Waals surface area contributed by atoms with Crippen LogP contribution in [0.4, 0.5) is 5.69 Å². The molecule has 0 aliphatic heterocycles. The standard InChI is InChI=1S/C27H19BrN4O2S/c28-20-13-19(15-29-16-20)26-31-22-14-21(11-12-23(22)34-26)30-27(35)32-25(33)24(17-7-3-1-4-8-17)18-9-5-2-6-10-18/h1-16,24H,(H2,30,32,33,35). The molecule has 2 aromatic heterocycles. The van der Waals surface area contributed by atoms with Crippen LogP contribution in [0.5, 0.6) is 0 Å². The van der Waals surface area contributed by atoms with E-state index < -0.39 is 5.92 Å². The van der Waals surface area contributed by atoms with Crippen LogP contribution in [0.3, 0.4) is 0 Å². The van der Waals surface area contributed by atoms with E-state index in [1.54, 1.807) is 18.5 Å². The SMILES string of the molecule is O=C(NC(=S)Nc1ccc2oc(-c3cncc(Br)c3)nc2c1)C(c1ccccc1)c1ccccc1. The summed E-state index contributed by atoms with van der Waals surface area (Å²) >= 11 is 8.86. The highest BCUT2D eigenvalue weighted by atomic mass is 79.9. The van der Waals surface area contributed by atoms with Crippen molar-refractivity contribution in [1.29, 1.82) is 0 Å². The molecule has 3 aromatic carbocycles. The molecule has 5 rings (SSSR count). The minimum absolute atomic E-state index is 0.200. The molecule has 0 aliphatic rings. The van der Waals surface area contributed by atoms with Crippen molar-refractivity contribution in [2.75, 3.05) is 5.32 Å². The number of amides is 1. The zero-order valence-electron chi connectivity index (χ0n) is 18.3. The summed E-state index contributed by atoms with van der Waals surface area (Å²) < 4.78 is 6.70. The molecule has 0 bridgehead atoms. The molecule has 6 nitrogen and oxygen atoms in total. The van der Waals surface area contributed by atoms with E-state index in [2.05, 4.69) is 36.5 Å². The number of oxazole rings is 1. The van der Waals surface area contributed by atoms with E-state index in [9.17, 15) is 4.79 Å². The molecular formula is C27H19BrN4O2S. The number of carbonyl (C=O) groups excluding carboxylic acids is 1. The molecule has 0 radical (unpaired) electrons. The number of pyridine rings is 1. The van der Waals surface area contributed by atoms with Gasteiger partial charge in [0.1, 0.15) is 5.52 Å². The number of benzene rings is 3. The molecule has 0 saturated carbocycles. The summed E-state index contributed by atoms with van der Waals surface area (Å²) in [5, 5.41) is 6.11. The second-order valence-electron chi connectivity index (χ2n) is 7.79. The van der Waals surface area contributed by atoms with Gasteiger partial charge in [-0.3, -0.25) is 9.78 Å². The van der Waals surface area contributed by atoms with Crippen molar-refractivity contribution in [3.8, 4) is 11.5 Å². The van der Waals surface area contributed by atoms with Gasteiger partial charge in [-0.25, -0.2) is 4.98 Å². The number of rotatable bonds is 5. The number of carbonyl (C=O) groups is 1. The Kier molecular flexibility index (Phi) is 6.65. The van der Waals surface area contributed by atoms with Crippen LogP contribution in [0.2, 0.25) is 0 Å². The first-order valence-electron chi connectivity index (χ1n) is 10.8. The number of hydrogen-bond donors (Lipinski definition) is 2. The topological polar surface area (TPSA) is 80.0 Å². The summed E-state index contributed by atoms with van der Waals surface area (Å²) in [6.07, 6.45) is 3.39. The van der Waals surface area contributed by atoms with Gasteiger partial charge in [-0.2, -0.15) is 0 Å². The average molecular weight is 543 g/mol. The van der Waals surface area contributed by atoms with E-state index in [0.717, 1.165) is 21.2 Å². The smallest absolute Gasteiger partial charge is 0.238 e. The van der Waals surface area contributed by atoms with Gasteiger partial charge in [-0.05, 0) is 63.5 Å². The number of halogens is 1. The van der Waals surface area contributed by atoms with Crippen LogP contribution in [0.15, 0.2) is 106 Å². The number of hydrogen-bond acceptors (Lipinski definition) is 5. The van der Waals surface area contributed by atoms with Gasteiger partial charge in [0.05, 0.1) is 11.5 Å². The van der Waals surface area contributed by atoms with Gasteiger partial charge in [0.2, 0.25) is 11.8 Å². The van der Waals surface area contributed by atoms with Gasteiger partial charge in [0.15, 0.2) is 10.7 Å². The van der Waals surface area contributed by atoms with Crippen LogP contribution >= 0.6 is 28.1 Å². The number of nitrogens with zero attached hydrogens (tertiary/aromatic N) is 2. The quantitative estimate of drug-likeness (QED) is 0.254. The van der Waals surface area contributed by atoms with Crippen LogP contribution in [-0.2, 0) is 4.79 Å². The van der Waals surface area contributed by atoms with E-state index in [1.165, 1.54) is 0 Å². The third-order valence-electron chi connectivity index (χ3n) is 5.36. The molecule has 0 aliphatic carbocycles. The van der Waals surface area contributed by atoms with Crippen LogP contribution in [0.1, 0.15) is 17.0 Å². The summed E-state index contributed by atoms with van der Waals surface area (Å²) in [5.74, 6) is -0.237. The van der Waals surface area contributed by atoms with Crippen molar-refractivity contribution in [2.45, 2.75) is 5.92 Å². The Bertz CT molecular complexity index is 1470. The third kappa shape index (κ3) is 5.29. The van der Waals surface area contributed by atoms with Gasteiger partial charge >= 0.3 is 0 Å². The molecule has 0 atom stereocenters. The van der Waals surface area contributed by atoms with Gasteiger partial charge in [0, 0.05) is 22.6 Å². The van der Waals surface area contributed by atoms with Crippen molar-refractivity contribution in [2.24, 2.45) is 0 Å². The molecule has 172 valence electrons. The lowest BCUT2D eigenvalue weighted by Gasteiger charge is -2.18. The fourth-order valence-corrected chi connectivity index (χ4v) is 4.37. The second-order valence-corrected chi connectivity index (χ2v) is 9.12. The summed E-state index contributed by atoms with van der Waals surface area (Å²) in [6, 6.07) is 26.6. The number of thiocarbonyl (C=S) groups is 1. The molecule has 35 heavy (non-hydrogen) atoms. The predicted octanol–water partition coefficient (Wildman–Crippen LogP) is 6.30. The Hall–Kier alpha value is -3.88. The first kappa shape index (κ1) is 22.9. The van der Waals surface area contributed by atoms with E-state index >= 15 is 0 Å². The zero-order valence-corrected chi connectivity index (χ0v) is 20.7. The molecular weight excluding hydrogens is 524 g/mol. The summed E-state index contributed by atoms with van der Waals surface area (Å²) in [7, 11) is 0. The number of fused-ring (bicyclic) bond motifs is 1. The molecule has 2 heterocycles. The van der Waals surface area contributed by atoms with Crippen LogP contribution in [-0.4, -0.2) is 21.0 Å². The van der Waals surface area contributed by atoms with E-state index in [-0.39, 0.29) is 11.0 Å². The van der Waals surface area contributed by atoms with E-state index in [1.807, 2.05) is 78.9 Å². The van der Waals surface area contributed by atoms with Crippen LogP contribution in [0.25, 0.3) is 22.6 Å². The largest absolute Gasteiger partial charge is 0.436 e. The van der Waals surface area contributed by atoms with Gasteiger partial charge in [0.25, 0.3) is 0 Å². The molecule has 8 heteroatoms. The van der Waals surface area contributed by atoms with Crippen LogP contribution < -0.4 is 10.6 Å². The molecule has 1 amide bonds. The molecule has 0 spiro atoms. The lowest BCUT2D eigenvalue weighted by atomic mass is 9.90. The van der Waals surface area contributed by atoms with Crippen molar-refractivity contribution >= 4 is 56.0 Å². The number of anilines is 1. The van der Waals surface area contributed by atoms with Gasteiger partial charge < -0.3 is 15.1 Å². The first-order valence-corrected chi connectivity index (χ1v) is 12.0. The lowest BCUT2D eigenvalue weighted by Crippen LogP contribution is -2.37. The fraction of sp³-hybridized carbons (Fsp3) is 0.0370. The minimum atomic E-state index is -0.489. The van der Waals surface area contributed by atoms with E-state index in [4.69, 9.17) is 16.6 Å². The molecule has 2 N–H and O–H groups in total. The van der Waals surface area contributed by atoms with E-state index in [0.29, 0.717) is 22.7 Å². The number of aromatic nitrogens is 2. The normalized spacial score (nSPS) is 10.9. The average Bonchev–Trinajstić information content (AvgIpc) is 3.29. The van der Waals surface area contributed by atoms with Crippen molar-refractivity contribution in [3.05, 3.63) is 113 Å². The Labute approximate surface area is 215 Å². The number of nitrogens with one attached hydrogen (secondary N) is 2. The second kappa shape index (κ2) is 10.2. The molecule has 5 aromatic rings. The maximum Gasteiger partial charge on any atom is 0.238 e. The van der Waals surface area contributed by atoms with Crippen molar-refractivity contribution < 1.29 is 9.21 Å². The maximum absolute atomic E-state index is 13.3. The van der Waals surface area contributed by atoms with Crippen molar-refractivity contribution in [1.82, 2.24) is 15.3 Å². The molecule has 0 unspecified atom stereocenters. The summed E-state index contributed by atoms with van der Waals surface area (Å²) in [4.78, 5) is 22.0. The summed E-state index contributed by atoms with van der Waals surface area (Å²) in [6.45, 7) is 0. The maximum atomic E-state index is 13.3. The molecule has 0 fully saturated rings. The van der Waals surface area contributed by atoms with Gasteiger partial charge in [-0.15, -0.1) is 0 Å². The Morgan fingerprint density at radius 3 is 2.26 bits per heavy atom. The third-order valence-corrected chi connectivity index (χ3v) is 6.00. The summed E-state index contributed by atoms with van der Waals surface area (Å²) in [5.41, 5.74) is 4.51. The molecule has 0 saturated heterocycles.